The lowest BCUT2D eigenvalue weighted by atomic mass is 10.1. The van der Waals surface area contributed by atoms with Gasteiger partial charge in [0.1, 0.15) is 0 Å². The average molecular weight is 337 g/mol. The third-order valence-electron chi connectivity index (χ3n) is 3.69. The van der Waals surface area contributed by atoms with Crippen molar-refractivity contribution in [1.29, 1.82) is 0 Å². The van der Waals surface area contributed by atoms with Crippen LogP contribution in [0.2, 0.25) is 0 Å². The molecule has 1 atom stereocenters. The van der Waals surface area contributed by atoms with Gasteiger partial charge in [-0.3, -0.25) is 4.79 Å². The molecule has 1 aromatic carbocycles. The molecule has 0 saturated carbocycles. The quantitative estimate of drug-likeness (QED) is 0.750. The summed E-state index contributed by atoms with van der Waals surface area (Å²) >= 11 is 0. The van der Waals surface area contributed by atoms with Gasteiger partial charge in [-0.2, -0.15) is 0 Å². The van der Waals surface area contributed by atoms with E-state index in [-0.39, 0.29) is 12.0 Å². The Morgan fingerprint density at radius 3 is 2.25 bits per heavy atom. The van der Waals surface area contributed by atoms with Crippen LogP contribution in [0.5, 0.6) is 17.2 Å². The number of nitrogens with one attached hydrogen (secondary N) is 1. The summed E-state index contributed by atoms with van der Waals surface area (Å²) < 4.78 is 22.4. The molecule has 1 N–H and O–H groups in total. The molecule has 1 aliphatic rings. The number of hydrogen-bond acceptors (Lipinski definition) is 5. The van der Waals surface area contributed by atoms with Gasteiger partial charge in [-0.15, -0.1) is 0 Å². The summed E-state index contributed by atoms with van der Waals surface area (Å²) in [4.78, 5) is 12.5. The summed E-state index contributed by atoms with van der Waals surface area (Å²) in [5.41, 5.74) is 0.489. The highest BCUT2D eigenvalue weighted by Gasteiger charge is 2.20. The van der Waals surface area contributed by atoms with Crippen molar-refractivity contribution in [2.24, 2.45) is 0 Å². The number of hydrogen-bond donors (Lipinski definition) is 1. The molecule has 0 radical (unpaired) electrons. The summed E-state index contributed by atoms with van der Waals surface area (Å²) in [7, 11) is 0. The SMILES string of the molecule is CCOc1cc(C(=O)NC[C@@H]2CCCO2)cc(OCC)c1OCC. The largest absolute Gasteiger partial charge is 0.490 e. The summed E-state index contributed by atoms with van der Waals surface area (Å²) in [6.07, 6.45) is 2.14. The maximum Gasteiger partial charge on any atom is 0.251 e. The first kappa shape index (κ1) is 18.4. The van der Waals surface area contributed by atoms with Crippen molar-refractivity contribution in [3.8, 4) is 17.2 Å². The molecular weight excluding hydrogens is 310 g/mol. The standard InChI is InChI=1S/C18H27NO5/c1-4-21-15-10-13(11-16(22-5-2)17(15)23-6-3)18(20)19-12-14-8-7-9-24-14/h10-11,14H,4-9,12H2,1-3H3,(H,19,20)/t14-/m0/s1. The van der Waals surface area contributed by atoms with Crippen LogP contribution in [0.25, 0.3) is 0 Å². The molecule has 0 aliphatic carbocycles. The highest BCUT2D eigenvalue weighted by molar-refractivity contribution is 5.95. The van der Waals surface area contributed by atoms with Crippen LogP contribution in [0.15, 0.2) is 12.1 Å². The fraction of sp³-hybridized carbons (Fsp3) is 0.611. The molecule has 0 spiro atoms. The van der Waals surface area contributed by atoms with Gasteiger partial charge in [0.05, 0.1) is 25.9 Å². The molecule has 6 nitrogen and oxygen atoms in total. The summed E-state index contributed by atoms with van der Waals surface area (Å²) in [5.74, 6) is 1.41. The van der Waals surface area contributed by atoms with Crippen LogP contribution in [0.3, 0.4) is 0 Å². The highest BCUT2D eigenvalue weighted by atomic mass is 16.5. The van der Waals surface area contributed by atoms with Gasteiger partial charge in [0.25, 0.3) is 5.91 Å². The van der Waals surface area contributed by atoms with E-state index >= 15 is 0 Å². The van der Waals surface area contributed by atoms with Crippen molar-refractivity contribution in [2.75, 3.05) is 33.0 Å². The highest BCUT2D eigenvalue weighted by Crippen LogP contribution is 2.39. The minimum absolute atomic E-state index is 0.106. The molecule has 1 aromatic rings. The van der Waals surface area contributed by atoms with Gasteiger partial charge in [-0.25, -0.2) is 0 Å². The molecule has 1 amide bonds. The van der Waals surface area contributed by atoms with Gasteiger partial charge in [0.2, 0.25) is 5.75 Å². The Morgan fingerprint density at radius 1 is 1.12 bits per heavy atom. The minimum atomic E-state index is -0.171. The smallest absolute Gasteiger partial charge is 0.251 e. The molecule has 6 heteroatoms. The summed E-state index contributed by atoms with van der Waals surface area (Å²) in [6, 6.07) is 3.39. The maximum atomic E-state index is 12.5. The lowest BCUT2D eigenvalue weighted by Crippen LogP contribution is -2.31. The second-order valence-corrected chi connectivity index (χ2v) is 5.45. The van der Waals surface area contributed by atoms with Crippen LogP contribution in [0, 0.1) is 0 Å². The average Bonchev–Trinajstić information content (AvgIpc) is 3.09. The van der Waals surface area contributed by atoms with Crippen molar-refractivity contribution in [2.45, 2.75) is 39.7 Å². The number of amides is 1. The van der Waals surface area contributed by atoms with Crippen molar-refractivity contribution in [1.82, 2.24) is 5.32 Å². The Bertz CT molecular complexity index is 513. The fourth-order valence-corrected chi connectivity index (χ4v) is 2.63. The van der Waals surface area contributed by atoms with Gasteiger partial charge in [-0.1, -0.05) is 0 Å². The second kappa shape index (κ2) is 9.37. The van der Waals surface area contributed by atoms with Gasteiger partial charge in [0, 0.05) is 18.7 Å². The molecule has 1 fully saturated rings. The minimum Gasteiger partial charge on any atom is -0.490 e. The van der Waals surface area contributed by atoms with E-state index in [0.29, 0.717) is 49.2 Å². The predicted molar refractivity (Wildman–Crippen MR) is 91.3 cm³/mol. The van der Waals surface area contributed by atoms with Crippen LogP contribution in [0.4, 0.5) is 0 Å². The molecule has 0 unspecified atom stereocenters. The van der Waals surface area contributed by atoms with E-state index in [1.165, 1.54) is 0 Å². The van der Waals surface area contributed by atoms with Gasteiger partial charge in [-0.05, 0) is 45.7 Å². The predicted octanol–water partition coefficient (Wildman–Crippen LogP) is 2.79. The number of benzene rings is 1. The third-order valence-corrected chi connectivity index (χ3v) is 3.69. The molecule has 134 valence electrons. The van der Waals surface area contributed by atoms with Crippen molar-refractivity contribution < 1.29 is 23.7 Å². The van der Waals surface area contributed by atoms with Gasteiger partial charge >= 0.3 is 0 Å². The van der Waals surface area contributed by atoms with E-state index in [0.717, 1.165) is 19.4 Å². The number of ether oxygens (including phenoxy) is 4. The Kier molecular flexibility index (Phi) is 7.18. The monoisotopic (exact) mass is 337 g/mol. The molecule has 0 aromatic heterocycles. The van der Waals surface area contributed by atoms with E-state index in [2.05, 4.69) is 5.32 Å². The lowest BCUT2D eigenvalue weighted by Gasteiger charge is -2.17. The lowest BCUT2D eigenvalue weighted by molar-refractivity contribution is 0.0857. The normalized spacial score (nSPS) is 16.7. The number of carbonyl (C=O) groups is 1. The van der Waals surface area contributed by atoms with Crippen LogP contribution in [-0.4, -0.2) is 45.0 Å². The second-order valence-electron chi connectivity index (χ2n) is 5.45. The van der Waals surface area contributed by atoms with Gasteiger partial charge < -0.3 is 24.3 Å². The molecule has 1 heterocycles. The zero-order valence-electron chi connectivity index (χ0n) is 14.7. The fourth-order valence-electron chi connectivity index (χ4n) is 2.63. The van der Waals surface area contributed by atoms with Gasteiger partial charge in [0.15, 0.2) is 11.5 Å². The number of carbonyl (C=O) groups excluding carboxylic acids is 1. The Balaban J connectivity index is 2.18. The van der Waals surface area contributed by atoms with E-state index < -0.39 is 0 Å². The molecule has 24 heavy (non-hydrogen) atoms. The van der Waals surface area contributed by atoms with Crippen LogP contribution in [-0.2, 0) is 4.74 Å². The topological polar surface area (TPSA) is 66.0 Å². The summed E-state index contributed by atoms with van der Waals surface area (Å²) in [5, 5.41) is 2.92. The molecular formula is C18H27NO5. The van der Waals surface area contributed by atoms with E-state index in [1.54, 1.807) is 12.1 Å². The van der Waals surface area contributed by atoms with Crippen molar-refractivity contribution in [3.63, 3.8) is 0 Å². The Labute approximate surface area is 143 Å². The molecule has 2 rings (SSSR count). The molecule has 0 bridgehead atoms. The first-order valence-electron chi connectivity index (χ1n) is 8.65. The van der Waals surface area contributed by atoms with E-state index in [9.17, 15) is 4.79 Å². The van der Waals surface area contributed by atoms with E-state index in [1.807, 2.05) is 20.8 Å². The maximum absolute atomic E-state index is 12.5. The van der Waals surface area contributed by atoms with Crippen molar-refractivity contribution in [3.05, 3.63) is 17.7 Å². The zero-order valence-corrected chi connectivity index (χ0v) is 14.7. The molecule has 1 saturated heterocycles. The van der Waals surface area contributed by atoms with Crippen molar-refractivity contribution >= 4 is 5.91 Å². The van der Waals surface area contributed by atoms with Crippen LogP contribution < -0.4 is 19.5 Å². The summed E-state index contributed by atoms with van der Waals surface area (Å²) in [6.45, 7) is 8.41. The van der Waals surface area contributed by atoms with Crippen LogP contribution in [0.1, 0.15) is 44.0 Å². The number of rotatable bonds is 9. The Hall–Kier alpha value is -1.95. The Morgan fingerprint density at radius 2 is 1.75 bits per heavy atom. The van der Waals surface area contributed by atoms with Crippen LogP contribution >= 0.6 is 0 Å². The first-order valence-corrected chi connectivity index (χ1v) is 8.65. The first-order chi connectivity index (χ1) is 11.7. The molecule has 1 aliphatic heterocycles. The van der Waals surface area contributed by atoms with E-state index in [4.69, 9.17) is 18.9 Å². The third kappa shape index (κ3) is 4.77. The zero-order chi connectivity index (χ0) is 17.4.